The fourth-order valence-electron chi connectivity index (χ4n) is 3.65. The first-order valence-electron chi connectivity index (χ1n) is 9.48. The number of rotatable bonds is 6. The minimum absolute atomic E-state index is 0.143. The predicted molar refractivity (Wildman–Crippen MR) is 104 cm³/mol. The molecule has 156 valence electrons. The summed E-state index contributed by atoms with van der Waals surface area (Å²) in [5.74, 6) is -0.254. The van der Waals surface area contributed by atoms with E-state index in [9.17, 15) is 14.4 Å². The maximum absolute atomic E-state index is 12.9. The molecule has 11 heteroatoms. The summed E-state index contributed by atoms with van der Waals surface area (Å²) in [7, 11) is 1.46. The normalized spacial score (nSPS) is 18.3. The molecule has 1 aromatic carbocycles. The van der Waals surface area contributed by atoms with Crippen LogP contribution < -0.4 is 21.1 Å². The van der Waals surface area contributed by atoms with E-state index in [-0.39, 0.29) is 30.8 Å². The number of fused-ring (bicyclic) bond motifs is 1. The molecule has 1 aromatic heterocycles. The van der Waals surface area contributed by atoms with Crippen LogP contribution in [0.4, 0.5) is 5.95 Å². The molecule has 1 atom stereocenters. The lowest BCUT2D eigenvalue weighted by molar-refractivity contribution is -0.136. The van der Waals surface area contributed by atoms with Gasteiger partial charge in [0.15, 0.2) is 5.82 Å². The van der Waals surface area contributed by atoms with Crippen molar-refractivity contribution in [1.29, 1.82) is 0 Å². The van der Waals surface area contributed by atoms with Crippen LogP contribution in [-0.2, 0) is 29.2 Å². The zero-order valence-corrected chi connectivity index (χ0v) is 16.3. The summed E-state index contributed by atoms with van der Waals surface area (Å²) >= 11 is 0. The van der Waals surface area contributed by atoms with E-state index in [1.165, 1.54) is 12.0 Å². The van der Waals surface area contributed by atoms with Crippen LogP contribution in [0.2, 0.25) is 0 Å². The number of imide groups is 1. The van der Waals surface area contributed by atoms with Gasteiger partial charge >= 0.3 is 6.01 Å². The second-order valence-electron chi connectivity index (χ2n) is 6.96. The first-order chi connectivity index (χ1) is 14.5. The number of amides is 3. The van der Waals surface area contributed by atoms with Crippen LogP contribution >= 0.6 is 0 Å². The number of anilines is 1. The van der Waals surface area contributed by atoms with Crippen molar-refractivity contribution in [3.63, 3.8) is 0 Å². The Kier molecular flexibility index (Phi) is 5.27. The van der Waals surface area contributed by atoms with Gasteiger partial charge in [0.1, 0.15) is 6.04 Å². The Labute approximate surface area is 172 Å². The van der Waals surface area contributed by atoms with Crippen molar-refractivity contribution in [2.24, 2.45) is 5.73 Å². The first kappa shape index (κ1) is 19.7. The molecule has 11 nitrogen and oxygen atoms in total. The van der Waals surface area contributed by atoms with Crippen LogP contribution in [0.5, 0.6) is 6.01 Å². The van der Waals surface area contributed by atoms with E-state index in [0.717, 1.165) is 11.1 Å². The van der Waals surface area contributed by atoms with Crippen molar-refractivity contribution in [1.82, 2.24) is 25.2 Å². The van der Waals surface area contributed by atoms with Crippen molar-refractivity contribution in [2.75, 3.05) is 12.4 Å². The Hall–Kier alpha value is -3.60. The molecule has 0 aliphatic carbocycles. The van der Waals surface area contributed by atoms with Crippen molar-refractivity contribution >= 4 is 23.7 Å². The molecular weight excluding hydrogens is 390 g/mol. The number of ether oxygens (including phenoxy) is 1. The number of nitrogens with zero attached hydrogens (tertiary/aromatic N) is 4. The molecule has 4 rings (SSSR count). The average Bonchev–Trinajstić information content (AvgIpc) is 3.09. The molecule has 2 aromatic rings. The number of hydrogen-bond acceptors (Lipinski definition) is 9. The van der Waals surface area contributed by atoms with E-state index in [4.69, 9.17) is 10.5 Å². The number of nitrogens with one attached hydrogen (secondary N) is 2. The zero-order chi connectivity index (χ0) is 21.3. The fraction of sp³-hybridized carbons (Fsp3) is 0.368. The Balaban J connectivity index is 1.53. The van der Waals surface area contributed by atoms with E-state index < -0.39 is 11.9 Å². The van der Waals surface area contributed by atoms with Gasteiger partial charge in [-0.25, -0.2) is 0 Å². The number of methoxy groups -OCH3 is 1. The van der Waals surface area contributed by atoms with Gasteiger partial charge in [0.2, 0.25) is 17.8 Å². The minimum atomic E-state index is -0.650. The van der Waals surface area contributed by atoms with Crippen LogP contribution in [0.25, 0.3) is 0 Å². The predicted octanol–water partition coefficient (Wildman–Crippen LogP) is -0.288. The lowest BCUT2D eigenvalue weighted by Crippen LogP contribution is -2.52. The molecule has 0 bridgehead atoms. The van der Waals surface area contributed by atoms with Gasteiger partial charge < -0.3 is 20.7 Å². The summed E-state index contributed by atoms with van der Waals surface area (Å²) in [6, 6.07) is 4.94. The summed E-state index contributed by atoms with van der Waals surface area (Å²) in [5.41, 5.74) is 7.87. The summed E-state index contributed by atoms with van der Waals surface area (Å²) in [6.45, 7) is 0.799. The molecule has 0 spiro atoms. The van der Waals surface area contributed by atoms with Crippen LogP contribution in [0.15, 0.2) is 18.2 Å². The smallest absolute Gasteiger partial charge is 0.321 e. The van der Waals surface area contributed by atoms with Gasteiger partial charge in [-0.2, -0.15) is 15.0 Å². The van der Waals surface area contributed by atoms with Gasteiger partial charge in [-0.05, 0) is 23.6 Å². The molecule has 3 heterocycles. The number of carbonyl (C=O) groups is 3. The van der Waals surface area contributed by atoms with E-state index in [0.29, 0.717) is 36.8 Å². The number of aromatic nitrogens is 3. The number of nitrogens with two attached hydrogens (primary N) is 1. The van der Waals surface area contributed by atoms with E-state index in [2.05, 4.69) is 25.6 Å². The Morgan fingerprint density at radius 3 is 2.83 bits per heavy atom. The quantitative estimate of drug-likeness (QED) is 0.544. The molecule has 0 radical (unpaired) electrons. The molecule has 3 amide bonds. The standard InChI is InChI=1S/C19H21N7O4/c1-30-19-23-14(7-20)22-18(25-19)21-8-10-3-2-4-11-12(10)9-26(17(11)29)13-5-6-15(27)24-16(13)28/h2-4,13H,5-9,20H2,1H3,(H,24,27,28)(H,21,22,23,25). The Morgan fingerprint density at radius 2 is 2.10 bits per heavy atom. The van der Waals surface area contributed by atoms with Crippen LogP contribution in [0.3, 0.4) is 0 Å². The molecule has 2 aliphatic heterocycles. The number of hydrogen-bond donors (Lipinski definition) is 3. The van der Waals surface area contributed by atoms with Gasteiger partial charge in [0.05, 0.1) is 13.7 Å². The van der Waals surface area contributed by atoms with E-state index in [1.807, 2.05) is 6.07 Å². The summed E-state index contributed by atoms with van der Waals surface area (Å²) < 4.78 is 5.07. The van der Waals surface area contributed by atoms with Crippen molar-refractivity contribution in [3.05, 3.63) is 40.7 Å². The van der Waals surface area contributed by atoms with Crippen LogP contribution in [0, 0.1) is 0 Å². The van der Waals surface area contributed by atoms with Gasteiger partial charge in [-0.1, -0.05) is 12.1 Å². The third-order valence-corrected chi connectivity index (χ3v) is 5.14. The third kappa shape index (κ3) is 3.66. The Morgan fingerprint density at radius 1 is 1.27 bits per heavy atom. The highest BCUT2D eigenvalue weighted by atomic mass is 16.5. The summed E-state index contributed by atoms with van der Waals surface area (Å²) in [4.78, 5) is 50.5. The topological polar surface area (TPSA) is 152 Å². The zero-order valence-electron chi connectivity index (χ0n) is 16.3. The average molecular weight is 411 g/mol. The van der Waals surface area contributed by atoms with Crippen LogP contribution in [0.1, 0.15) is 40.2 Å². The molecule has 1 fully saturated rings. The highest BCUT2D eigenvalue weighted by molar-refractivity contribution is 6.05. The molecule has 2 aliphatic rings. The number of piperidine rings is 1. The molecule has 1 saturated heterocycles. The van der Waals surface area contributed by atoms with Crippen molar-refractivity contribution in [3.8, 4) is 6.01 Å². The van der Waals surface area contributed by atoms with Gasteiger partial charge in [-0.15, -0.1) is 0 Å². The fourth-order valence-corrected chi connectivity index (χ4v) is 3.65. The maximum atomic E-state index is 12.9. The number of benzene rings is 1. The summed E-state index contributed by atoms with van der Waals surface area (Å²) in [5, 5.41) is 5.42. The minimum Gasteiger partial charge on any atom is -0.467 e. The second kappa shape index (κ2) is 8.03. The highest BCUT2D eigenvalue weighted by Crippen LogP contribution is 2.30. The SMILES string of the molecule is COc1nc(CN)nc(NCc2cccc3c2CN(C2CCC(=O)NC2=O)C3=O)n1. The van der Waals surface area contributed by atoms with Gasteiger partial charge in [-0.3, -0.25) is 19.7 Å². The van der Waals surface area contributed by atoms with Crippen molar-refractivity contribution in [2.45, 2.75) is 38.5 Å². The molecular formula is C19H21N7O4. The molecule has 0 saturated carbocycles. The Bertz CT molecular complexity index is 1000. The summed E-state index contributed by atoms with van der Waals surface area (Å²) in [6.07, 6.45) is 0.542. The van der Waals surface area contributed by atoms with Crippen LogP contribution in [-0.4, -0.2) is 50.7 Å². The lowest BCUT2D eigenvalue weighted by Gasteiger charge is -2.29. The molecule has 1 unspecified atom stereocenters. The third-order valence-electron chi connectivity index (χ3n) is 5.14. The van der Waals surface area contributed by atoms with Gasteiger partial charge in [0, 0.05) is 25.1 Å². The van der Waals surface area contributed by atoms with Gasteiger partial charge in [0.25, 0.3) is 5.91 Å². The van der Waals surface area contributed by atoms with E-state index in [1.54, 1.807) is 12.1 Å². The van der Waals surface area contributed by atoms with Crippen molar-refractivity contribution < 1.29 is 19.1 Å². The largest absolute Gasteiger partial charge is 0.467 e. The van der Waals surface area contributed by atoms with E-state index >= 15 is 0 Å². The monoisotopic (exact) mass is 411 g/mol. The molecule has 4 N–H and O–H groups in total. The second-order valence-corrected chi connectivity index (χ2v) is 6.96. The first-order valence-corrected chi connectivity index (χ1v) is 9.48. The number of carbonyl (C=O) groups excluding carboxylic acids is 3. The lowest BCUT2D eigenvalue weighted by atomic mass is 10.0. The molecule has 30 heavy (non-hydrogen) atoms. The maximum Gasteiger partial charge on any atom is 0.321 e. The highest BCUT2D eigenvalue weighted by Gasteiger charge is 2.39.